The molecule has 27 heavy (non-hydrogen) atoms. The number of hydrazine groups is 1. The molecule has 1 amide bonds. The Kier molecular flexibility index (Phi) is 17.6. The first-order valence-corrected chi connectivity index (χ1v) is 12.0. The average molecular weight is 407 g/mol. The maximum absolute atomic E-state index is 12.1. The fourth-order valence-electron chi connectivity index (χ4n) is 3.21. The Morgan fingerprint density at radius 3 is 1.96 bits per heavy atom. The summed E-state index contributed by atoms with van der Waals surface area (Å²) in [5, 5.41) is 0. The van der Waals surface area contributed by atoms with Crippen LogP contribution in [0.3, 0.4) is 0 Å². The summed E-state index contributed by atoms with van der Waals surface area (Å²) in [7, 11) is -2.41. The molecule has 0 fully saturated rings. The molecule has 0 aromatic rings. The summed E-state index contributed by atoms with van der Waals surface area (Å²) in [6, 6.07) is -0.165. The van der Waals surface area contributed by atoms with Crippen LogP contribution in [-0.4, -0.2) is 27.8 Å². The number of amides is 1. The topological polar surface area (TPSA) is 90.8 Å². The van der Waals surface area contributed by atoms with Crippen LogP contribution in [0.2, 0.25) is 0 Å². The Hall–Kier alpha value is -0.260. The quantitative estimate of drug-likeness (QED) is 0.147. The van der Waals surface area contributed by atoms with Gasteiger partial charge in [0.1, 0.15) is 0 Å². The number of carbonyl (C=O) groups is 1. The highest BCUT2D eigenvalue weighted by Gasteiger charge is 2.27. The molecule has 0 aromatic heterocycles. The summed E-state index contributed by atoms with van der Waals surface area (Å²) < 4.78 is 5.27. The van der Waals surface area contributed by atoms with Gasteiger partial charge >= 0.3 is 8.60 Å². The van der Waals surface area contributed by atoms with E-state index in [-0.39, 0.29) is 24.0 Å². The number of nitrogens with one attached hydrogen (secondary N) is 2. The number of rotatable bonds is 18. The summed E-state index contributed by atoms with van der Waals surface area (Å²) >= 11 is 0. The van der Waals surface area contributed by atoms with E-state index in [2.05, 4.69) is 17.8 Å². The van der Waals surface area contributed by atoms with E-state index in [1.165, 1.54) is 44.9 Å². The lowest BCUT2D eigenvalue weighted by molar-refractivity contribution is -0.122. The highest BCUT2D eigenvalue weighted by atomic mass is 31.2. The number of hydrogen-bond acceptors (Lipinski definition) is 5. The van der Waals surface area contributed by atoms with E-state index in [9.17, 15) is 14.6 Å². The predicted octanol–water partition coefficient (Wildman–Crippen LogP) is 4.95. The fourth-order valence-corrected chi connectivity index (χ4v) is 3.69. The van der Waals surface area contributed by atoms with Crippen LogP contribution < -0.4 is 10.9 Å². The molecule has 0 aliphatic heterocycles. The first kappa shape index (κ1) is 26.7. The SMILES string of the molecule is CCCCCCCCCCCC(=O)NN[C@@H](C(C)C)C(CCC)OP(O)O. The second-order valence-electron chi connectivity index (χ2n) is 7.73. The highest BCUT2D eigenvalue weighted by molar-refractivity contribution is 7.39. The molecule has 2 atom stereocenters. The Morgan fingerprint density at radius 2 is 1.48 bits per heavy atom. The van der Waals surface area contributed by atoms with Crippen molar-refractivity contribution >= 4 is 14.5 Å². The Balaban J connectivity index is 4.00. The Morgan fingerprint density at radius 1 is 0.926 bits per heavy atom. The van der Waals surface area contributed by atoms with Crippen LogP contribution in [-0.2, 0) is 9.32 Å². The summed E-state index contributed by atoms with van der Waals surface area (Å²) in [5.74, 6) is 0.165. The van der Waals surface area contributed by atoms with Crippen molar-refractivity contribution in [1.82, 2.24) is 10.9 Å². The molecule has 0 aliphatic rings. The summed E-state index contributed by atoms with van der Waals surface area (Å²) in [6.45, 7) is 8.30. The third-order valence-electron chi connectivity index (χ3n) is 4.81. The van der Waals surface area contributed by atoms with E-state index in [4.69, 9.17) is 4.52 Å². The molecule has 0 saturated heterocycles. The van der Waals surface area contributed by atoms with Gasteiger partial charge in [-0.3, -0.25) is 10.2 Å². The first-order chi connectivity index (χ1) is 12.9. The van der Waals surface area contributed by atoms with Gasteiger partial charge in [0.15, 0.2) is 0 Å². The van der Waals surface area contributed by atoms with Gasteiger partial charge in [-0.1, -0.05) is 85.5 Å². The third kappa shape index (κ3) is 15.4. The molecule has 1 unspecified atom stereocenters. The van der Waals surface area contributed by atoms with Crippen molar-refractivity contribution in [1.29, 1.82) is 0 Å². The van der Waals surface area contributed by atoms with E-state index >= 15 is 0 Å². The van der Waals surface area contributed by atoms with Gasteiger partial charge in [-0.05, 0) is 18.8 Å². The van der Waals surface area contributed by atoms with E-state index in [1.54, 1.807) is 0 Å². The Bertz CT molecular complexity index is 357. The highest BCUT2D eigenvalue weighted by Crippen LogP contribution is 2.31. The number of carbonyl (C=O) groups excluding carboxylic acids is 1. The lowest BCUT2D eigenvalue weighted by Gasteiger charge is -2.31. The van der Waals surface area contributed by atoms with Crippen molar-refractivity contribution in [2.24, 2.45) is 5.92 Å². The maximum atomic E-state index is 12.1. The van der Waals surface area contributed by atoms with E-state index in [1.807, 2.05) is 20.8 Å². The summed E-state index contributed by atoms with van der Waals surface area (Å²) in [6.07, 6.45) is 12.8. The lowest BCUT2D eigenvalue weighted by Crippen LogP contribution is -2.52. The Labute approximate surface area is 167 Å². The van der Waals surface area contributed by atoms with Crippen LogP contribution in [0.5, 0.6) is 0 Å². The molecular weight excluding hydrogens is 363 g/mol. The molecule has 4 N–H and O–H groups in total. The molecule has 0 saturated carbocycles. The normalized spacial score (nSPS) is 13.9. The second-order valence-corrected chi connectivity index (χ2v) is 8.44. The largest absolute Gasteiger partial charge is 0.328 e. The third-order valence-corrected chi connectivity index (χ3v) is 5.27. The molecule has 0 heterocycles. The average Bonchev–Trinajstić information content (AvgIpc) is 2.59. The van der Waals surface area contributed by atoms with Gasteiger partial charge in [-0.25, -0.2) is 5.43 Å². The van der Waals surface area contributed by atoms with Crippen molar-refractivity contribution in [2.75, 3.05) is 0 Å². The summed E-state index contributed by atoms with van der Waals surface area (Å²) in [5.41, 5.74) is 5.83. The first-order valence-electron chi connectivity index (χ1n) is 10.8. The van der Waals surface area contributed by atoms with Crippen molar-refractivity contribution < 1.29 is 19.1 Å². The second kappa shape index (κ2) is 17.8. The summed E-state index contributed by atoms with van der Waals surface area (Å²) in [4.78, 5) is 30.4. The van der Waals surface area contributed by atoms with Crippen molar-refractivity contribution in [3.8, 4) is 0 Å². The number of unbranched alkanes of at least 4 members (excludes halogenated alkanes) is 8. The predicted molar refractivity (Wildman–Crippen MR) is 113 cm³/mol. The zero-order valence-corrected chi connectivity index (χ0v) is 18.8. The van der Waals surface area contributed by atoms with Crippen molar-refractivity contribution in [3.05, 3.63) is 0 Å². The molecule has 6 nitrogen and oxygen atoms in total. The molecule has 0 spiro atoms. The van der Waals surface area contributed by atoms with Crippen molar-refractivity contribution in [2.45, 2.75) is 117 Å². The monoisotopic (exact) mass is 406 g/mol. The van der Waals surface area contributed by atoms with E-state index in [0.29, 0.717) is 12.8 Å². The molecule has 162 valence electrons. The maximum Gasteiger partial charge on any atom is 0.327 e. The van der Waals surface area contributed by atoms with Crippen LogP contribution in [0.4, 0.5) is 0 Å². The van der Waals surface area contributed by atoms with Gasteiger partial charge in [0.05, 0.1) is 12.1 Å². The molecule has 0 rings (SSSR count). The van der Waals surface area contributed by atoms with Gasteiger partial charge in [-0.15, -0.1) is 0 Å². The molecular formula is C20H43N2O4P. The zero-order chi connectivity index (χ0) is 20.5. The zero-order valence-electron chi connectivity index (χ0n) is 17.9. The van der Waals surface area contributed by atoms with Gasteiger partial charge in [0.2, 0.25) is 5.91 Å². The van der Waals surface area contributed by atoms with Gasteiger partial charge in [0, 0.05) is 6.42 Å². The molecule has 0 aliphatic carbocycles. The minimum Gasteiger partial charge on any atom is -0.328 e. The standard InChI is InChI=1S/C20H43N2O4P/c1-5-7-8-9-10-11-12-13-14-16-19(23)21-22-20(17(3)4)18(15-6-2)26-27(24)25/h17-18,20,22,24-25H,5-16H2,1-4H3,(H,21,23)/t18?,20-/m0/s1. The minimum atomic E-state index is -2.41. The smallest absolute Gasteiger partial charge is 0.327 e. The van der Waals surface area contributed by atoms with Crippen LogP contribution >= 0.6 is 8.60 Å². The van der Waals surface area contributed by atoms with Gasteiger partial charge in [-0.2, -0.15) is 0 Å². The van der Waals surface area contributed by atoms with Crippen LogP contribution in [0, 0.1) is 5.92 Å². The molecule has 7 heteroatoms. The molecule has 0 radical (unpaired) electrons. The van der Waals surface area contributed by atoms with Crippen LogP contribution in [0.25, 0.3) is 0 Å². The van der Waals surface area contributed by atoms with E-state index < -0.39 is 8.60 Å². The number of hydrogen-bond donors (Lipinski definition) is 4. The minimum absolute atomic E-state index is 0.0193. The molecule has 0 aromatic carbocycles. The van der Waals surface area contributed by atoms with Crippen LogP contribution in [0.15, 0.2) is 0 Å². The van der Waals surface area contributed by atoms with Crippen LogP contribution in [0.1, 0.15) is 105 Å². The lowest BCUT2D eigenvalue weighted by atomic mass is 9.96. The van der Waals surface area contributed by atoms with Crippen molar-refractivity contribution in [3.63, 3.8) is 0 Å². The molecule has 0 bridgehead atoms. The fraction of sp³-hybridized carbons (Fsp3) is 0.950. The van der Waals surface area contributed by atoms with Gasteiger partial charge in [0.25, 0.3) is 0 Å². The van der Waals surface area contributed by atoms with Gasteiger partial charge < -0.3 is 14.3 Å². The van der Waals surface area contributed by atoms with E-state index in [0.717, 1.165) is 19.3 Å².